The number of fused-ring (bicyclic) bond motifs is 1. The van der Waals surface area contributed by atoms with Crippen LogP contribution in [0.5, 0.6) is 0 Å². The maximum absolute atomic E-state index is 8.67. The van der Waals surface area contributed by atoms with Crippen LogP contribution in [0.1, 0.15) is 13.3 Å². The summed E-state index contributed by atoms with van der Waals surface area (Å²) in [6, 6.07) is 3.28. The Kier molecular flexibility index (Phi) is 1.07. The zero-order valence-corrected chi connectivity index (χ0v) is 6.41. The third-order valence-corrected chi connectivity index (χ3v) is 3.12. The topological polar surface area (TPSA) is 27.0 Å². The zero-order chi connectivity index (χ0) is 7.30. The standard InChI is InChI=1S/C8H12N2/c1-5-7-3-6(4-9)10(2)8(5)7/h5-8H,3H2,1-2H3. The van der Waals surface area contributed by atoms with Crippen molar-refractivity contribution in [2.45, 2.75) is 25.4 Å². The highest BCUT2D eigenvalue weighted by Gasteiger charge is 2.56. The zero-order valence-electron chi connectivity index (χ0n) is 6.41. The Morgan fingerprint density at radius 2 is 2.30 bits per heavy atom. The van der Waals surface area contributed by atoms with Gasteiger partial charge in [0, 0.05) is 6.04 Å². The smallest absolute Gasteiger partial charge is 0.0981 e. The van der Waals surface area contributed by atoms with E-state index in [1.54, 1.807) is 0 Å². The molecule has 0 N–H and O–H groups in total. The van der Waals surface area contributed by atoms with Crippen molar-refractivity contribution in [1.29, 1.82) is 5.26 Å². The molecule has 0 radical (unpaired) electrons. The second-order valence-corrected chi connectivity index (χ2v) is 3.56. The normalized spacial score (nSPS) is 52.1. The number of nitrogens with zero attached hydrogens (tertiary/aromatic N) is 2. The largest absolute Gasteiger partial charge is 0.288 e. The van der Waals surface area contributed by atoms with Gasteiger partial charge in [0.2, 0.25) is 0 Å². The number of rotatable bonds is 0. The van der Waals surface area contributed by atoms with Crippen LogP contribution in [-0.2, 0) is 0 Å². The predicted molar refractivity (Wildman–Crippen MR) is 38.2 cm³/mol. The maximum Gasteiger partial charge on any atom is 0.0981 e. The maximum atomic E-state index is 8.67. The molecule has 4 unspecified atom stereocenters. The molecule has 0 amide bonds. The van der Waals surface area contributed by atoms with E-state index in [2.05, 4.69) is 24.9 Å². The van der Waals surface area contributed by atoms with E-state index in [1.807, 2.05) is 0 Å². The van der Waals surface area contributed by atoms with Gasteiger partial charge in [0.25, 0.3) is 0 Å². The molecule has 1 saturated heterocycles. The fourth-order valence-electron chi connectivity index (χ4n) is 2.32. The van der Waals surface area contributed by atoms with E-state index >= 15 is 0 Å². The van der Waals surface area contributed by atoms with Gasteiger partial charge in [0.15, 0.2) is 0 Å². The summed E-state index contributed by atoms with van der Waals surface area (Å²) in [5.41, 5.74) is 0. The van der Waals surface area contributed by atoms with Crippen molar-refractivity contribution in [3.05, 3.63) is 0 Å². The lowest BCUT2D eigenvalue weighted by Gasteiger charge is -2.16. The van der Waals surface area contributed by atoms with Gasteiger partial charge in [0.05, 0.1) is 12.1 Å². The van der Waals surface area contributed by atoms with Gasteiger partial charge >= 0.3 is 0 Å². The Hall–Kier alpha value is -0.550. The van der Waals surface area contributed by atoms with Gasteiger partial charge in [-0.15, -0.1) is 0 Å². The molecule has 0 aromatic carbocycles. The highest BCUT2D eigenvalue weighted by molar-refractivity contribution is 5.14. The Morgan fingerprint density at radius 3 is 2.70 bits per heavy atom. The monoisotopic (exact) mass is 136 g/mol. The number of likely N-dealkylation sites (tertiary alicyclic amines) is 1. The molecule has 0 aromatic heterocycles. The summed E-state index contributed by atoms with van der Waals surface area (Å²) in [6.45, 7) is 2.28. The summed E-state index contributed by atoms with van der Waals surface area (Å²) in [7, 11) is 2.07. The lowest BCUT2D eigenvalue weighted by molar-refractivity contribution is 0.295. The first-order valence-corrected chi connectivity index (χ1v) is 3.87. The molecule has 54 valence electrons. The van der Waals surface area contributed by atoms with Gasteiger partial charge in [-0.2, -0.15) is 5.26 Å². The summed E-state index contributed by atoms with van der Waals surface area (Å²) < 4.78 is 0. The van der Waals surface area contributed by atoms with Gasteiger partial charge in [-0.25, -0.2) is 0 Å². The third kappa shape index (κ3) is 0.564. The van der Waals surface area contributed by atoms with E-state index in [4.69, 9.17) is 5.26 Å². The number of hydrogen-bond donors (Lipinski definition) is 0. The Labute approximate surface area is 61.4 Å². The molecule has 1 aliphatic carbocycles. The quantitative estimate of drug-likeness (QED) is 0.493. The Bertz CT molecular complexity index is 194. The van der Waals surface area contributed by atoms with Crippen molar-refractivity contribution in [3.63, 3.8) is 0 Å². The summed E-state index contributed by atoms with van der Waals surface area (Å²) >= 11 is 0. The SMILES string of the molecule is CC1C2CC(C#N)N(C)C12. The van der Waals surface area contributed by atoms with Gasteiger partial charge < -0.3 is 0 Å². The molecule has 2 heteroatoms. The molecule has 0 spiro atoms. The second-order valence-electron chi connectivity index (χ2n) is 3.56. The average Bonchev–Trinajstić information content (AvgIpc) is 2.38. The lowest BCUT2D eigenvalue weighted by atomic mass is 10.1. The molecule has 1 aliphatic heterocycles. The first kappa shape index (κ1) is 6.18. The van der Waals surface area contributed by atoms with E-state index in [-0.39, 0.29) is 6.04 Å². The molecular formula is C8H12N2. The average molecular weight is 136 g/mol. The van der Waals surface area contributed by atoms with Crippen LogP contribution in [0.25, 0.3) is 0 Å². The van der Waals surface area contributed by atoms with Crippen LogP contribution in [0.15, 0.2) is 0 Å². The van der Waals surface area contributed by atoms with Gasteiger partial charge in [-0.3, -0.25) is 4.90 Å². The Balaban J connectivity index is 2.08. The van der Waals surface area contributed by atoms with E-state index in [9.17, 15) is 0 Å². The fraction of sp³-hybridized carbons (Fsp3) is 0.875. The minimum Gasteiger partial charge on any atom is -0.288 e. The third-order valence-electron chi connectivity index (χ3n) is 3.12. The summed E-state index contributed by atoms with van der Waals surface area (Å²) in [6.07, 6.45) is 1.11. The summed E-state index contributed by atoms with van der Waals surface area (Å²) in [5.74, 6) is 1.70. The summed E-state index contributed by atoms with van der Waals surface area (Å²) in [4.78, 5) is 2.23. The van der Waals surface area contributed by atoms with Crippen LogP contribution in [-0.4, -0.2) is 24.0 Å². The lowest BCUT2D eigenvalue weighted by Crippen LogP contribution is -2.28. The molecular weight excluding hydrogens is 124 g/mol. The van der Waals surface area contributed by atoms with Crippen LogP contribution in [0.4, 0.5) is 0 Å². The van der Waals surface area contributed by atoms with Gasteiger partial charge in [0.1, 0.15) is 0 Å². The Morgan fingerprint density at radius 1 is 1.60 bits per heavy atom. The molecule has 2 aliphatic rings. The molecule has 0 bridgehead atoms. The second kappa shape index (κ2) is 1.73. The van der Waals surface area contributed by atoms with Crippen LogP contribution in [0, 0.1) is 23.2 Å². The predicted octanol–water partition coefficient (Wildman–Crippen LogP) is 0.849. The minimum atomic E-state index is 0.214. The van der Waals surface area contributed by atoms with E-state index in [0.29, 0.717) is 0 Å². The van der Waals surface area contributed by atoms with Crippen molar-refractivity contribution in [3.8, 4) is 6.07 Å². The van der Waals surface area contributed by atoms with E-state index in [1.165, 1.54) is 0 Å². The van der Waals surface area contributed by atoms with Crippen LogP contribution >= 0.6 is 0 Å². The molecule has 4 atom stereocenters. The first-order chi connectivity index (χ1) is 4.75. The number of nitriles is 1. The highest BCUT2D eigenvalue weighted by atomic mass is 15.2. The number of hydrogen-bond acceptors (Lipinski definition) is 2. The van der Waals surface area contributed by atoms with E-state index < -0.39 is 0 Å². The van der Waals surface area contributed by atoms with Crippen LogP contribution < -0.4 is 0 Å². The molecule has 1 saturated carbocycles. The summed E-state index contributed by atoms with van der Waals surface area (Å²) in [5, 5.41) is 8.67. The van der Waals surface area contributed by atoms with E-state index in [0.717, 1.165) is 24.3 Å². The fourth-order valence-corrected chi connectivity index (χ4v) is 2.32. The van der Waals surface area contributed by atoms with Crippen molar-refractivity contribution in [2.24, 2.45) is 11.8 Å². The van der Waals surface area contributed by atoms with Crippen molar-refractivity contribution in [1.82, 2.24) is 4.90 Å². The molecule has 2 fully saturated rings. The van der Waals surface area contributed by atoms with Crippen molar-refractivity contribution in [2.75, 3.05) is 7.05 Å². The van der Waals surface area contributed by atoms with Gasteiger partial charge in [-0.1, -0.05) is 6.92 Å². The van der Waals surface area contributed by atoms with Crippen molar-refractivity contribution >= 4 is 0 Å². The van der Waals surface area contributed by atoms with Crippen LogP contribution in [0.2, 0.25) is 0 Å². The van der Waals surface area contributed by atoms with Gasteiger partial charge in [-0.05, 0) is 25.3 Å². The molecule has 1 heterocycles. The first-order valence-electron chi connectivity index (χ1n) is 3.87. The minimum absolute atomic E-state index is 0.214. The van der Waals surface area contributed by atoms with Crippen LogP contribution in [0.3, 0.4) is 0 Å². The molecule has 10 heavy (non-hydrogen) atoms. The molecule has 0 aromatic rings. The highest BCUT2D eigenvalue weighted by Crippen LogP contribution is 2.51. The van der Waals surface area contributed by atoms with Crippen molar-refractivity contribution < 1.29 is 0 Å². The number of piperidine rings is 1. The molecule has 2 rings (SSSR count). The molecule has 2 nitrogen and oxygen atoms in total.